The van der Waals surface area contributed by atoms with Crippen molar-refractivity contribution in [1.82, 2.24) is 0 Å². The second-order valence-electron chi connectivity index (χ2n) is 4.99. The average Bonchev–Trinajstić information content (AvgIpc) is 2.28. The normalized spacial score (nSPS) is 23.0. The highest BCUT2D eigenvalue weighted by Crippen LogP contribution is 2.33. The third-order valence-electron chi connectivity index (χ3n) is 2.93. The fourth-order valence-electron chi connectivity index (χ4n) is 2.02. The molecule has 0 spiro atoms. The molecule has 0 saturated carbocycles. The van der Waals surface area contributed by atoms with Crippen molar-refractivity contribution in [1.29, 1.82) is 0 Å². The fraction of sp³-hybridized carbons (Fsp3) is 0.400. The summed E-state index contributed by atoms with van der Waals surface area (Å²) in [5.74, 6) is 0.918. The van der Waals surface area contributed by atoms with Gasteiger partial charge in [-0.2, -0.15) is 0 Å². The van der Waals surface area contributed by atoms with E-state index in [-0.39, 0.29) is 11.9 Å². The highest BCUT2D eigenvalue weighted by Gasteiger charge is 2.32. The molecular weight excluding hydrogens is 228 g/mol. The zero-order valence-corrected chi connectivity index (χ0v) is 11.0. The molecule has 1 aromatic rings. The topological polar surface area (TPSA) is 35.5 Å². The zero-order chi connectivity index (χ0) is 13.2. The summed E-state index contributed by atoms with van der Waals surface area (Å²) in [6, 6.07) is 7.72. The van der Waals surface area contributed by atoms with Gasteiger partial charge in [-0.05, 0) is 38.5 Å². The van der Waals surface area contributed by atoms with Crippen LogP contribution < -0.4 is 4.74 Å². The third kappa shape index (κ3) is 2.73. The quantitative estimate of drug-likeness (QED) is 0.821. The second-order valence-corrected chi connectivity index (χ2v) is 4.99. The minimum atomic E-state index is -0.567. The maximum Gasteiger partial charge on any atom is 0.163 e. The van der Waals surface area contributed by atoms with Crippen LogP contribution in [0.2, 0.25) is 0 Å². The van der Waals surface area contributed by atoms with E-state index in [2.05, 4.69) is 0 Å². The molecule has 0 fully saturated rings. The summed E-state index contributed by atoms with van der Waals surface area (Å²) in [4.78, 5) is 11.5. The van der Waals surface area contributed by atoms with Crippen LogP contribution >= 0.6 is 0 Å². The largest absolute Gasteiger partial charge is 0.491 e. The molecule has 1 aliphatic heterocycles. The van der Waals surface area contributed by atoms with E-state index in [0.717, 1.165) is 11.3 Å². The highest BCUT2D eigenvalue weighted by molar-refractivity contribution is 5.91. The van der Waals surface area contributed by atoms with E-state index in [0.29, 0.717) is 6.42 Å². The molecule has 1 aliphatic rings. The van der Waals surface area contributed by atoms with Crippen molar-refractivity contribution < 1.29 is 14.3 Å². The molecule has 1 heterocycles. The molecule has 0 saturated heterocycles. The molecule has 3 nitrogen and oxygen atoms in total. The molecule has 1 unspecified atom stereocenters. The molecule has 0 N–H and O–H groups in total. The lowest BCUT2D eigenvalue weighted by Crippen LogP contribution is -2.29. The predicted octanol–water partition coefficient (Wildman–Crippen LogP) is 3.19. The van der Waals surface area contributed by atoms with Crippen molar-refractivity contribution in [3.05, 3.63) is 42.2 Å². The van der Waals surface area contributed by atoms with E-state index in [9.17, 15) is 4.79 Å². The lowest BCUT2D eigenvalue weighted by atomic mass is 9.89. The fourth-order valence-corrected chi connectivity index (χ4v) is 2.02. The summed E-state index contributed by atoms with van der Waals surface area (Å²) in [6.45, 7) is 5.90. The Labute approximate surface area is 107 Å². The standard InChI is InChI=1S/C15H18O3/c1-11(2)18-14-6-4-12(5-7-14)15(3)10-13(16)8-9-17-15/h4-9,11H,10H2,1-3H3. The Morgan fingerprint density at radius 2 is 1.94 bits per heavy atom. The van der Waals surface area contributed by atoms with Gasteiger partial charge in [0, 0.05) is 6.08 Å². The van der Waals surface area contributed by atoms with Crippen LogP contribution in [-0.4, -0.2) is 11.9 Å². The maximum atomic E-state index is 11.5. The van der Waals surface area contributed by atoms with E-state index in [4.69, 9.17) is 9.47 Å². The molecule has 2 rings (SSSR count). The first-order valence-corrected chi connectivity index (χ1v) is 6.14. The highest BCUT2D eigenvalue weighted by atomic mass is 16.5. The SMILES string of the molecule is CC(C)Oc1ccc(C2(C)CC(=O)C=CO2)cc1. The van der Waals surface area contributed by atoms with Crippen LogP contribution in [0.5, 0.6) is 5.75 Å². The monoisotopic (exact) mass is 246 g/mol. The van der Waals surface area contributed by atoms with E-state index in [1.165, 1.54) is 12.3 Å². The van der Waals surface area contributed by atoms with Gasteiger partial charge in [-0.3, -0.25) is 4.79 Å². The van der Waals surface area contributed by atoms with Crippen LogP contribution in [0.1, 0.15) is 32.8 Å². The van der Waals surface area contributed by atoms with Gasteiger partial charge in [0.15, 0.2) is 5.78 Å². The Balaban J connectivity index is 2.19. The van der Waals surface area contributed by atoms with Gasteiger partial charge >= 0.3 is 0 Å². The molecule has 0 amide bonds. The van der Waals surface area contributed by atoms with Crippen LogP contribution in [0.15, 0.2) is 36.6 Å². The van der Waals surface area contributed by atoms with Gasteiger partial charge in [0.05, 0.1) is 18.8 Å². The van der Waals surface area contributed by atoms with Crippen molar-refractivity contribution in [2.75, 3.05) is 0 Å². The molecule has 3 heteroatoms. The molecule has 0 aliphatic carbocycles. The number of carbonyl (C=O) groups excluding carboxylic acids is 1. The van der Waals surface area contributed by atoms with Crippen molar-refractivity contribution in [3.63, 3.8) is 0 Å². The van der Waals surface area contributed by atoms with Crippen molar-refractivity contribution in [3.8, 4) is 5.75 Å². The first kappa shape index (κ1) is 12.7. The lowest BCUT2D eigenvalue weighted by molar-refractivity contribution is -0.122. The molecule has 0 radical (unpaired) electrons. The zero-order valence-electron chi connectivity index (χ0n) is 11.0. The van der Waals surface area contributed by atoms with Crippen molar-refractivity contribution in [2.45, 2.75) is 38.9 Å². The number of carbonyl (C=O) groups is 1. The van der Waals surface area contributed by atoms with E-state index in [1.54, 1.807) is 0 Å². The van der Waals surface area contributed by atoms with Gasteiger partial charge in [-0.25, -0.2) is 0 Å². The van der Waals surface area contributed by atoms with Gasteiger partial charge in [0.25, 0.3) is 0 Å². The number of hydrogen-bond acceptors (Lipinski definition) is 3. The second kappa shape index (κ2) is 4.84. The number of allylic oxidation sites excluding steroid dienone is 1. The molecule has 18 heavy (non-hydrogen) atoms. The van der Waals surface area contributed by atoms with Crippen molar-refractivity contribution in [2.24, 2.45) is 0 Å². The molecule has 0 aromatic heterocycles. The Morgan fingerprint density at radius 1 is 1.28 bits per heavy atom. The molecule has 96 valence electrons. The Kier molecular flexibility index (Phi) is 3.41. The first-order chi connectivity index (χ1) is 8.49. The van der Waals surface area contributed by atoms with E-state index in [1.807, 2.05) is 45.0 Å². The summed E-state index contributed by atoms with van der Waals surface area (Å²) in [6.07, 6.45) is 3.47. The summed E-state index contributed by atoms with van der Waals surface area (Å²) in [7, 11) is 0. The van der Waals surface area contributed by atoms with Gasteiger partial charge < -0.3 is 9.47 Å². The summed E-state index contributed by atoms with van der Waals surface area (Å²) >= 11 is 0. The van der Waals surface area contributed by atoms with Gasteiger partial charge in [-0.15, -0.1) is 0 Å². The van der Waals surface area contributed by atoms with Crippen LogP contribution in [-0.2, 0) is 15.1 Å². The Hall–Kier alpha value is -1.77. The smallest absolute Gasteiger partial charge is 0.163 e. The number of benzene rings is 1. The maximum absolute atomic E-state index is 11.5. The van der Waals surface area contributed by atoms with E-state index >= 15 is 0 Å². The molecule has 0 bridgehead atoms. The molecular formula is C15H18O3. The minimum Gasteiger partial charge on any atom is -0.491 e. The number of ether oxygens (including phenoxy) is 2. The van der Waals surface area contributed by atoms with Gasteiger partial charge in [0.1, 0.15) is 11.4 Å². The number of ketones is 1. The Bertz CT molecular complexity index is 459. The van der Waals surface area contributed by atoms with Gasteiger partial charge in [-0.1, -0.05) is 12.1 Å². The summed E-state index contributed by atoms with van der Waals surface area (Å²) < 4.78 is 11.2. The number of hydrogen-bond donors (Lipinski definition) is 0. The van der Waals surface area contributed by atoms with Crippen LogP contribution in [0.4, 0.5) is 0 Å². The van der Waals surface area contributed by atoms with Crippen molar-refractivity contribution >= 4 is 5.78 Å². The van der Waals surface area contributed by atoms with Gasteiger partial charge in [0.2, 0.25) is 0 Å². The Morgan fingerprint density at radius 3 is 2.50 bits per heavy atom. The predicted molar refractivity (Wildman–Crippen MR) is 69.4 cm³/mol. The molecule has 1 aromatic carbocycles. The average molecular weight is 246 g/mol. The number of rotatable bonds is 3. The molecule has 1 atom stereocenters. The summed E-state index contributed by atoms with van der Waals surface area (Å²) in [5.41, 5.74) is 0.415. The third-order valence-corrected chi connectivity index (χ3v) is 2.93. The summed E-state index contributed by atoms with van der Waals surface area (Å²) in [5, 5.41) is 0. The minimum absolute atomic E-state index is 0.0891. The van der Waals surface area contributed by atoms with Crippen LogP contribution in [0.3, 0.4) is 0 Å². The first-order valence-electron chi connectivity index (χ1n) is 6.14. The van der Waals surface area contributed by atoms with E-state index < -0.39 is 5.60 Å². The van der Waals surface area contributed by atoms with Crippen LogP contribution in [0, 0.1) is 0 Å². The van der Waals surface area contributed by atoms with Crippen LogP contribution in [0.25, 0.3) is 0 Å². The lowest BCUT2D eigenvalue weighted by Gasteiger charge is -2.31.